The van der Waals surface area contributed by atoms with Crippen LogP contribution in [0.5, 0.6) is 0 Å². The van der Waals surface area contributed by atoms with E-state index in [1.54, 1.807) is 0 Å². The SMILES string of the molecule is CC(=O)N[C@@H]1[C@H](OCc2ccccc2)O[C@@H](CO)[C@@H](OC(C)=O)[C@@H]1OC(C)=O. The number of esters is 2. The van der Waals surface area contributed by atoms with Crippen molar-refractivity contribution in [1.82, 2.24) is 5.32 Å². The lowest BCUT2D eigenvalue weighted by molar-refractivity contribution is -0.279. The summed E-state index contributed by atoms with van der Waals surface area (Å²) in [5, 5.41) is 12.3. The highest BCUT2D eigenvalue weighted by molar-refractivity contribution is 5.73. The van der Waals surface area contributed by atoms with E-state index in [1.165, 1.54) is 20.8 Å². The van der Waals surface area contributed by atoms with Crippen molar-refractivity contribution in [2.75, 3.05) is 6.61 Å². The highest BCUT2D eigenvalue weighted by atomic mass is 16.7. The normalized spacial score (nSPS) is 26.9. The number of ether oxygens (including phenoxy) is 4. The van der Waals surface area contributed by atoms with Crippen LogP contribution in [0.4, 0.5) is 0 Å². The molecule has 1 aliphatic heterocycles. The molecule has 1 aromatic carbocycles. The van der Waals surface area contributed by atoms with Crippen LogP contribution in [0, 0.1) is 0 Å². The maximum atomic E-state index is 11.7. The molecule has 2 N–H and O–H groups in total. The Balaban J connectivity index is 2.29. The first-order chi connectivity index (χ1) is 13.3. The Kier molecular flexibility index (Phi) is 7.91. The number of nitrogens with one attached hydrogen (secondary N) is 1. The van der Waals surface area contributed by atoms with Gasteiger partial charge >= 0.3 is 11.9 Å². The molecule has 1 heterocycles. The molecule has 0 unspecified atom stereocenters. The number of hydrogen-bond acceptors (Lipinski definition) is 8. The summed E-state index contributed by atoms with van der Waals surface area (Å²) in [6.45, 7) is 3.32. The highest BCUT2D eigenvalue weighted by Gasteiger charge is 2.50. The largest absolute Gasteiger partial charge is 0.456 e. The molecular formula is C19H25NO8. The van der Waals surface area contributed by atoms with Gasteiger partial charge in [-0.05, 0) is 5.56 Å². The van der Waals surface area contributed by atoms with Gasteiger partial charge in [-0.1, -0.05) is 30.3 Å². The Morgan fingerprint density at radius 1 is 1.04 bits per heavy atom. The van der Waals surface area contributed by atoms with Crippen LogP contribution >= 0.6 is 0 Å². The van der Waals surface area contributed by atoms with Crippen molar-refractivity contribution in [2.24, 2.45) is 0 Å². The summed E-state index contributed by atoms with van der Waals surface area (Å²) in [7, 11) is 0. The van der Waals surface area contributed by atoms with Gasteiger partial charge in [0.15, 0.2) is 18.5 Å². The summed E-state index contributed by atoms with van der Waals surface area (Å²) in [5.74, 6) is -1.70. The van der Waals surface area contributed by atoms with Crippen molar-refractivity contribution in [3.05, 3.63) is 35.9 Å². The predicted octanol–water partition coefficient (Wildman–Crippen LogP) is 0.288. The summed E-state index contributed by atoms with van der Waals surface area (Å²) in [6.07, 6.45) is -4.26. The Labute approximate surface area is 162 Å². The number of hydrogen-bond donors (Lipinski definition) is 2. The topological polar surface area (TPSA) is 120 Å². The molecule has 0 saturated carbocycles. The number of rotatable bonds is 7. The van der Waals surface area contributed by atoms with Crippen LogP contribution in [0.3, 0.4) is 0 Å². The first kappa shape index (κ1) is 21.8. The van der Waals surface area contributed by atoms with Gasteiger partial charge in [0.1, 0.15) is 12.1 Å². The Morgan fingerprint density at radius 2 is 1.64 bits per heavy atom. The molecule has 154 valence electrons. The lowest BCUT2D eigenvalue weighted by Gasteiger charge is -2.44. The third kappa shape index (κ3) is 6.01. The monoisotopic (exact) mass is 395 g/mol. The fourth-order valence-electron chi connectivity index (χ4n) is 3.00. The summed E-state index contributed by atoms with van der Waals surface area (Å²) >= 11 is 0. The van der Waals surface area contributed by atoms with Crippen LogP contribution in [-0.2, 0) is 39.9 Å². The first-order valence-corrected chi connectivity index (χ1v) is 8.85. The van der Waals surface area contributed by atoms with E-state index < -0.39 is 55.1 Å². The molecule has 0 aromatic heterocycles. The third-order valence-electron chi connectivity index (χ3n) is 4.06. The van der Waals surface area contributed by atoms with Crippen molar-refractivity contribution in [3.63, 3.8) is 0 Å². The van der Waals surface area contributed by atoms with E-state index in [2.05, 4.69) is 5.32 Å². The van der Waals surface area contributed by atoms with E-state index >= 15 is 0 Å². The minimum absolute atomic E-state index is 0.158. The van der Waals surface area contributed by atoms with E-state index in [4.69, 9.17) is 18.9 Å². The molecule has 1 aromatic rings. The second-order valence-corrected chi connectivity index (χ2v) is 6.40. The second kappa shape index (κ2) is 10.2. The van der Waals surface area contributed by atoms with Crippen LogP contribution in [0.2, 0.25) is 0 Å². The molecule has 9 nitrogen and oxygen atoms in total. The summed E-state index contributed by atoms with van der Waals surface area (Å²) < 4.78 is 22.1. The molecule has 0 radical (unpaired) electrons. The molecule has 2 rings (SSSR count). The lowest BCUT2D eigenvalue weighted by atomic mass is 9.96. The zero-order valence-corrected chi connectivity index (χ0v) is 16.0. The fraction of sp³-hybridized carbons (Fsp3) is 0.526. The van der Waals surface area contributed by atoms with Crippen molar-refractivity contribution in [3.8, 4) is 0 Å². The molecule has 0 spiro atoms. The Hall–Kier alpha value is -2.49. The number of carbonyl (C=O) groups excluding carboxylic acids is 3. The molecule has 1 amide bonds. The number of aliphatic hydroxyl groups excluding tert-OH is 1. The number of aliphatic hydroxyl groups is 1. The van der Waals surface area contributed by atoms with Crippen LogP contribution < -0.4 is 5.32 Å². The average molecular weight is 395 g/mol. The Morgan fingerprint density at radius 3 is 2.18 bits per heavy atom. The van der Waals surface area contributed by atoms with E-state index in [9.17, 15) is 19.5 Å². The van der Waals surface area contributed by atoms with Gasteiger partial charge in [0, 0.05) is 20.8 Å². The van der Waals surface area contributed by atoms with E-state index in [-0.39, 0.29) is 6.61 Å². The summed E-state index contributed by atoms with van der Waals surface area (Å²) in [5.41, 5.74) is 0.861. The minimum Gasteiger partial charge on any atom is -0.456 e. The molecule has 0 aliphatic carbocycles. The average Bonchev–Trinajstić information content (AvgIpc) is 2.63. The van der Waals surface area contributed by atoms with Gasteiger partial charge < -0.3 is 29.4 Å². The molecule has 1 aliphatic rings. The zero-order chi connectivity index (χ0) is 20.7. The molecular weight excluding hydrogens is 370 g/mol. The summed E-state index contributed by atoms with van der Waals surface area (Å²) in [6, 6.07) is 8.32. The number of benzene rings is 1. The maximum Gasteiger partial charge on any atom is 0.303 e. The summed E-state index contributed by atoms with van der Waals surface area (Å²) in [4.78, 5) is 34.9. The van der Waals surface area contributed by atoms with Crippen molar-refractivity contribution in [2.45, 2.75) is 58.0 Å². The highest BCUT2D eigenvalue weighted by Crippen LogP contribution is 2.28. The third-order valence-corrected chi connectivity index (χ3v) is 4.06. The van der Waals surface area contributed by atoms with Gasteiger partial charge in [-0.15, -0.1) is 0 Å². The molecule has 9 heteroatoms. The fourth-order valence-corrected chi connectivity index (χ4v) is 3.00. The van der Waals surface area contributed by atoms with E-state index in [1.807, 2.05) is 30.3 Å². The van der Waals surface area contributed by atoms with Gasteiger partial charge in [0.05, 0.1) is 13.2 Å². The van der Waals surface area contributed by atoms with Gasteiger partial charge in [-0.3, -0.25) is 14.4 Å². The molecule has 1 fully saturated rings. The van der Waals surface area contributed by atoms with Gasteiger partial charge in [-0.25, -0.2) is 0 Å². The number of amides is 1. The van der Waals surface area contributed by atoms with Crippen LogP contribution in [0.1, 0.15) is 26.3 Å². The predicted molar refractivity (Wildman–Crippen MR) is 95.7 cm³/mol. The maximum absolute atomic E-state index is 11.7. The molecule has 5 atom stereocenters. The smallest absolute Gasteiger partial charge is 0.303 e. The second-order valence-electron chi connectivity index (χ2n) is 6.40. The first-order valence-electron chi connectivity index (χ1n) is 8.85. The van der Waals surface area contributed by atoms with Crippen molar-refractivity contribution in [1.29, 1.82) is 0 Å². The molecule has 0 bridgehead atoms. The van der Waals surface area contributed by atoms with Gasteiger partial charge in [0.2, 0.25) is 5.91 Å². The van der Waals surface area contributed by atoms with Gasteiger partial charge in [-0.2, -0.15) is 0 Å². The van der Waals surface area contributed by atoms with E-state index in [0.717, 1.165) is 5.56 Å². The van der Waals surface area contributed by atoms with Gasteiger partial charge in [0.25, 0.3) is 0 Å². The lowest BCUT2D eigenvalue weighted by Crippen LogP contribution is -2.66. The van der Waals surface area contributed by atoms with Crippen LogP contribution in [0.25, 0.3) is 0 Å². The van der Waals surface area contributed by atoms with E-state index in [0.29, 0.717) is 0 Å². The standard InChI is InChI=1S/C19H25NO8/c1-11(22)20-16-18(27-13(3)24)17(26-12(2)23)15(9-21)28-19(16)25-10-14-7-5-4-6-8-14/h4-8,15-19,21H,9-10H2,1-3H3,(H,20,22)/t15-,16-,17+,18+,19+/m0/s1. The minimum atomic E-state index is -1.11. The number of carbonyl (C=O) groups is 3. The van der Waals surface area contributed by atoms with Crippen molar-refractivity contribution < 1.29 is 38.4 Å². The van der Waals surface area contributed by atoms with Crippen LogP contribution in [0.15, 0.2) is 30.3 Å². The molecule has 1 saturated heterocycles. The zero-order valence-electron chi connectivity index (χ0n) is 16.0. The Bertz CT molecular complexity index is 680. The van der Waals surface area contributed by atoms with Crippen LogP contribution in [-0.4, -0.2) is 60.2 Å². The van der Waals surface area contributed by atoms with Crippen molar-refractivity contribution >= 4 is 17.8 Å². The molecule has 28 heavy (non-hydrogen) atoms. The quantitative estimate of drug-likeness (QED) is 0.632.